The van der Waals surface area contributed by atoms with Gasteiger partial charge in [-0.25, -0.2) is 4.39 Å². The van der Waals surface area contributed by atoms with Crippen LogP contribution in [0.15, 0.2) is 24.3 Å². The Morgan fingerprint density at radius 3 is 2.47 bits per heavy atom. The summed E-state index contributed by atoms with van der Waals surface area (Å²) in [6.45, 7) is 8.90. The molecule has 0 bridgehead atoms. The van der Waals surface area contributed by atoms with E-state index in [0.717, 1.165) is 18.7 Å². The van der Waals surface area contributed by atoms with Crippen molar-refractivity contribution in [1.29, 1.82) is 0 Å². The summed E-state index contributed by atoms with van der Waals surface area (Å²) in [5.41, 5.74) is 0.893. The number of halogens is 1. The lowest BCUT2D eigenvalue weighted by Crippen LogP contribution is -2.40. The predicted octanol–water partition coefficient (Wildman–Crippen LogP) is 2.65. The van der Waals surface area contributed by atoms with Gasteiger partial charge in [0.05, 0.1) is 0 Å². The van der Waals surface area contributed by atoms with E-state index < -0.39 is 0 Å². The highest BCUT2D eigenvalue weighted by atomic mass is 19.1. The SMILES string of the molecule is CN(CCNC(C)(C)C)Cc1ccccc1F. The number of likely N-dealkylation sites (N-methyl/N-ethyl adjacent to an activating group) is 1. The van der Waals surface area contributed by atoms with Gasteiger partial charge in [-0.1, -0.05) is 18.2 Å². The lowest BCUT2D eigenvalue weighted by Gasteiger charge is -2.23. The molecule has 0 radical (unpaired) electrons. The Bertz CT molecular complexity index is 344. The van der Waals surface area contributed by atoms with Gasteiger partial charge in [0.15, 0.2) is 0 Å². The van der Waals surface area contributed by atoms with E-state index in [0.29, 0.717) is 6.54 Å². The maximum atomic E-state index is 13.4. The molecule has 2 nitrogen and oxygen atoms in total. The molecule has 0 aliphatic heterocycles. The topological polar surface area (TPSA) is 15.3 Å². The predicted molar refractivity (Wildman–Crippen MR) is 70.5 cm³/mol. The summed E-state index contributed by atoms with van der Waals surface area (Å²) in [6, 6.07) is 6.94. The monoisotopic (exact) mass is 238 g/mol. The van der Waals surface area contributed by atoms with Crippen molar-refractivity contribution in [1.82, 2.24) is 10.2 Å². The summed E-state index contributed by atoms with van der Waals surface area (Å²) in [4.78, 5) is 2.12. The van der Waals surface area contributed by atoms with E-state index in [9.17, 15) is 4.39 Å². The van der Waals surface area contributed by atoms with Gasteiger partial charge in [-0.3, -0.25) is 0 Å². The van der Waals surface area contributed by atoms with Crippen molar-refractivity contribution in [2.24, 2.45) is 0 Å². The second kappa shape index (κ2) is 6.12. The number of hydrogen-bond acceptors (Lipinski definition) is 2. The second-order valence-electron chi connectivity index (χ2n) is 5.51. The third kappa shape index (κ3) is 5.80. The molecule has 96 valence electrons. The molecule has 0 spiro atoms. The van der Waals surface area contributed by atoms with Gasteiger partial charge < -0.3 is 10.2 Å². The second-order valence-corrected chi connectivity index (χ2v) is 5.51. The molecule has 0 aliphatic rings. The Hall–Kier alpha value is -0.930. The van der Waals surface area contributed by atoms with E-state index in [1.54, 1.807) is 6.07 Å². The van der Waals surface area contributed by atoms with Gasteiger partial charge in [0, 0.05) is 30.7 Å². The van der Waals surface area contributed by atoms with Crippen LogP contribution in [0.1, 0.15) is 26.3 Å². The zero-order chi connectivity index (χ0) is 12.9. The Morgan fingerprint density at radius 2 is 1.88 bits per heavy atom. The smallest absolute Gasteiger partial charge is 0.127 e. The van der Waals surface area contributed by atoms with Gasteiger partial charge in [0.25, 0.3) is 0 Å². The van der Waals surface area contributed by atoms with Crippen LogP contribution in [-0.4, -0.2) is 30.6 Å². The third-order valence-electron chi connectivity index (χ3n) is 2.55. The quantitative estimate of drug-likeness (QED) is 0.848. The van der Waals surface area contributed by atoms with Crippen molar-refractivity contribution in [2.45, 2.75) is 32.9 Å². The molecule has 0 fully saturated rings. The van der Waals surface area contributed by atoms with E-state index in [1.807, 2.05) is 19.2 Å². The first-order valence-electron chi connectivity index (χ1n) is 6.05. The summed E-state index contributed by atoms with van der Waals surface area (Å²) >= 11 is 0. The molecule has 0 amide bonds. The molecular formula is C14H23FN2. The van der Waals surface area contributed by atoms with Crippen LogP contribution in [0, 0.1) is 5.82 Å². The van der Waals surface area contributed by atoms with E-state index in [2.05, 4.69) is 31.0 Å². The van der Waals surface area contributed by atoms with E-state index >= 15 is 0 Å². The number of hydrogen-bond donors (Lipinski definition) is 1. The largest absolute Gasteiger partial charge is 0.311 e. The van der Waals surface area contributed by atoms with Crippen molar-refractivity contribution < 1.29 is 4.39 Å². The highest BCUT2D eigenvalue weighted by molar-refractivity contribution is 5.16. The Kier molecular flexibility index (Phi) is 5.09. The summed E-state index contributed by atoms with van der Waals surface area (Å²) in [5.74, 6) is -0.122. The van der Waals surface area contributed by atoms with Crippen LogP contribution >= 0.6 is 0 Å². The van der Waals surface area contributed by atoms with Gasteiger partial charge in [-0.15, -0.1) is 0 Å². The summed E-state index contributed by atoms with van der Waals surface area (Å²) in [7, 11) is 2.01. The molecule has 0 unspecified atom stereocenters. The first-order valence-corrected chi connectivity index (χ1v) is 6.05. The standard InChI is InChI=1S/C14H23FN2/c1-14(2,3)16-9-10-17(4)11-12-7-5-6-8-13(12)15/h5-8,16H,9-11H2,1-4H3. The first kappa shape index (κ1) is 14.1. The number of nitrogens with zero attached hydrogens (tertiary/aromatic N) is 1. The molecule has 0 saturated carbocycles. The molecular weight excluding hydrogens is 215 g/mol. The molecule has 0 aromatic heterocycles. The first-order chi connectivity index (χ1) is 7.88. The minimum Gasteiger partial charge on any atom is -0.311 e. The van der Waals surface area contributed by atoms with Crippen LogP contribution in [0.25, 0.3) is 0 Å². The number of rotatable bonds is 5. The van der Waals surface area contributed by atoms with Gasteiger partial charge in [-0.05, 0) is 33.9 Å². The highest BCUT2D eigenvalue weighted by Crippen LogP contribution is 2.08. The summed E-state index contributed by atoms with van der Waals surface area (Å²) in [6.07, 6.45) is 0. The molecule has 1 rings (SSSR count). The molecule has 0 heterocycles. The Morgan fingerprint density at radius 1 is 1.24 bits per heavy atom. The maximum Gasteiger partial charge on any atom is 0.127 e. The average Bonchev–Trinajstić information content (AvgIpc) is 2.19. The van der Waals surface area contributed by atoms with Crippen molar-refractivity contribution in [2.75, 3.05) is 20.1 Å². The normalized spacial score (nSPS) is 12.1. The Balaban J connectivity index is 2.35. The van der Waals surface area contributed by atoms with Crippen LogP contribution in [-0.2, 0) is 6.54 Å². The zero-order valence-electron chi connectivity index (χ0n) is 11.3. The minimum absolute atomic E-state index is 0.122. The zero-order valence-corrected chi connectivity index (χ0v) is 11.3. The molecule has 17 heavy (non-hydrogen) atoms. The van der Waals surface area contributed by atoms with Gasteiger partial charge in [0.1, 0.15) is 5.82 Å². The average molecular weight is 238 g/mol. The van der Waals surface area contributed by atoms with Crippen LogP contribution < -0.4 is 5.32 Å². The number of benzene rings is 1. The van der Waals surface area contributed by atoms with Crippen LogP contribution in [0.4, 0.5) is 4.39 Å². The van der Waals surface area contributed by atoms with Crippen LogP contribution in [0.5, 0.6) is 0 Å². The minimum atomic E-state index is -0.122. The fourth-order valence-corrected chi connectivity index (χ4v) is 1.62. The summed E-state index contributed by atoms with van der Waals surface area (Å²) in [5, 5.41) is 3.42. The molecule has 1 N–H and O–H groups in total. The third-order valence-corrected chi connectivity index (χ3v) is 2.55. The molecule has 1 aromatic rings. The van der Waals surface area contributed by atoms with Gasteiger partial charge >= 0.3 is 0 Å². The van der Waals surface area contributed by atoms with Crippen LogP contribution in [0.3, 0.4) is 0 Å². The van der Waals surface area contributed by atoms with Gasteiger partial charge in [0.2, 0.25) is 0 Å². The van der Waals surface area contributed by atoms with E-state index in [-0.39, 0.29) is 11.4 Å². The molecule has 3 heteroatoms. The van der Waals surface area contributed by atoms with E-state index in [1.165, 1.54) is 6.07 Å². The van der Waals surface area contributed by atoms with Crippen LogP contribution in [0.2, 0.25) is 0 Å². The molecule has 0 atom stereocenters. The molecule has 0 aliphatic carbocycles. The highest BCUT2D eigenvalue weighted by Gasteiger charge is 2.09. The maximum absolute atomic E-state index is 13.4. The van der Waals surface area contributed by atoms with Crippen molar-refractivity contribution in [3.63, 3.8) is 0 Å². The van der Waals surface area contributed by atoms with Crippen molar-refractivity contribution in [3.05, 3.63) is 35.6 Å². The fraction of sp³-hybridized carbons (Fsp3) is 0.571. The molecule has 0 saturated heterocycles. The van der Waals surface area contributed by atoms with Crippen molar-refractivity contribution in [3.8, 4) is 0 Å². The summed E-state index contributed by atoms with van der Waals surface area (Å²) < 4.78 is 13.4. The van der Waals surface area contributed by atoms with Crippen molar-refractivity contribution >= 4 is 0 Å². The lowest BCUT2D eigenvalue weighted by atomic mass is 10.1. The molecule has 1 aromatic carbocycles. The fourth-order valence-electron chi connectivity index (χ4n) is 1.62. The Labute approximate surface area is 104 Å². The van der Waals surface area contributed by atoms with E-state index in [4.69, 9.17) is 0 Å². The number of nitrogens with one attached hydrogen (secondary N) is 1. The van der Waals surface area contributed by atoms with Gasteiger partial charge in [-0.2, -0.15) is 0 Å². The lowest BCUT2D eigenvalue weighted by molar-refractivity contribution is 0.299.